The molecule has 2 atom stereocenters. The van der Waals surface area contributed by atoms with Gasteiger partial charge in [-0.2, -0.15) is 0 Å². The Kier molecular flexibility index (Phi) is 4.47. The van der Waals surface area contributed by atoms with Crippen molar-refractivity contribution in [3.05, 3.63) is 28.2 Å². The van der Waals surface area contributed by atoms with Crippen LogP contribution >= 0.6 is 15.9 Å². The number of halogens is 1. The fourth-order valence-corrected chi connectivity index (χ4v) is 2.74. The number of phenols is 1. The summed E-state index contributed by atoms with van der Waals surface area (Å²) < 4.78 is 0.594. The second-order valence-electron chi connectivity index (χ2n) is 5.04. The van der Waals surface area contributed by atoms with Gasteiger partial charge in [-0.25, -0.2) is 0 Å². The molecule has 1 saturated heterocycles. The van der Waals surface area contributed by atoms with E-state index >= 15 is 0 Å². The van der Waals surface area contributed by atoms with E-state index in [1.54, 1.807) is 12.1 Å². The van der Waals surface area contributed by atoms with Crippen LogP contribution in [0.3, 0.4) is 0 Å². The maximum Gasteiger partial charge on any atom is 0.254 e. The largest absolute Gasteiger partial charge is 0.507 e. The number of hydrogen-bond acceptors (Lipinski definition) is 3. The van der Waals surface area contributed by atoms with Gasteiger partial charge >= 0.3 is 0 Å². The summed E-state index contributed by atoms with van der Waals surface area (Å²) in [5, 5.41) is 9.65. The molecule has 0 aromatic heterocycles. The average molecular weight is 327 g/mol. The van der Waals surface area contributed by atoms with Crippen molar-refractivity contribution >= 4 is 21.8 Å². The maximum atomic E-state index is 12.4. The Morgan fingerprint density at radius 2 is 2.32 bits per heavy atom. The van der Waals surface area contributed by atoms with Gasteiger partial charge in [0, 0.05) is 24.7 Å². The number of likely N-dealkylation sites (tertiary alicyclic amines) is 1. The molecule has 0 spiro atoms. The zero-order valence-electron chi connectivity index (χ0n) is 11.0. The molecule has 2 unspecified atom stereocenters. The van der Waals surface area contributed by atoms with Crippen LogP contribution in [0.25, 0.3) is 0 Å². The third-order valence-electron chi connectivity index (χ3n) is 3.80. The molecule has 1 aromatic carbocycles. The van der Waals surface area contributed by atoms with Crippen LogP contribution in [-0.2, 0) is 0 Å². The minimum atomic E-state index is -0.0341. The smallest absolute Gasteiger partial charge is 0.254 e. The number of amides is 1. The topological polar surface area (TPSA) is 66.6 Å². The van der Waals surface area contributed by atoms with Crippen molar-refractivity contribution in [1.29, 1.82) is 0 Å². The summed E-state index contributed by atoms with van der Waals surface area (Å²) in [4.78, 5) is 14.2. The Morgan fingerprint density at radius 3 is 2.95 bits per heavy atom. The summed E-state index contributed by atoms with van der Waals surface area (Å²) in [6.45, 7) is 3.49. The van der Waals surface area contributed by atoms with Gasteiger partial charge in [0.05, 0.1) is 4.47 Å². The van der Waals surface area contributed by atoms with E-state index in [1.807, 2.05) is 4.90 Å². The lowest BCUT2D eigenvalue weighted by Gasteiger charge is -2.36. The first kappa shape index (κ1) is 14.3. The van der Waals surface area contributed by atoms with Gasteiger partial charge in [-0.05, 0) is 46.5 Å². The minimum Gasteiger partial charge on any atom is -0.507 e. The highest BCUT2D eigenvalue weighted by Crippen LogP contribution is 2.26. The second kappa shape index (κ2) is 5.92. The molecule has 1 aliphatic heterocycles. The Bertz CT molecular complexity index is 479. The quantitative estimate of drug-likeness (QED) is 0.876. The van der Waals surface area contributed by atoms with Gasteiger partial charge in [0.15, 0.2) is 0 Å². The summed E-state index contributed by atoms with van der Waals surface area (Å²) in [6.07, 6.45) is 1.82. The van der Waals surface area contributed by atoms with E-state index in [-0.39, 0.29) is 17.7 Å². The van der Waals surface area contributed by atoms with Crippen LogP contribution in [0.1, 0.15) is 30.1 Å². The Morgan fingerprint density at radius 1 is 1.58 bits per heavy atom. The van der Waals surface area contributed by atoms with E-state index < -0.39 is 0 Å². The molecule has 104 valence electrons. The fourth-order valence-electron chi connectivity index (χ4n) is 2.49. The molecule has 19 heavy (non-hydrogen) atoms. The van der Waals surface area contributed by atoms with E-state index in [9.17, 15) is 9.90 Å². The Balaban J connectivity index is 2.13. The first-order chi connectivity index (χ1) is 9.02. The lowest BCUT2D eigenvalue weighted by Crippen LogP contribution is -2.49. The van der Waals surface area contributed by atoms with Crippen molar-refractivity contribution in [2.24, 2.45) is 11.7 Å². The number of hydrogen-bond donors (Lipinski definition) is 2. The molecule has 0 bridgehead atoms. The highest BCUT2D eigenvalue weighted by molar-refractivity contribution is 9.10. The molecular formula is C14H19BrN2O2. The lowest BCUT2D eigenvalue weighted by atomic mass is 9.90. The van der Waals surface area contributed by atoms with Gasteiger partial charge in [0.25, 0.3) is 5.91 Å². The highest BCUT2D eigenvalue weighted by Gasteiger charge is 2.28. The molecule has 4 nitrogen and oxygen atoms in total. The third-order valence-corrected chi connectivity index (χ3v) is 4.47. The monoisotopic (exact) mass is 326 g/mol. The van der Waals surface area contributed by atoms with Crippen LogP contribution in [-0.4, -0.2) is 35.0 Å². The van der Waals surface area contributed by atoms with Crippen molar-refractivity contribution in [3.63, 3.8) is 0 Å². The lowest BCUT2D eigenvalue weighted by molar-refractivity contribution is 0.0648. The first-order valence-electron chi connectivity index (χ1n) is 6.56. The molecule has 5 heteroatoms. The normalized spacial score (nSPS) is 23.4. The molecule has 1 aromatic rings. The van der Waals surface area contributed by atoms with Gasteiger partial charge in [-0.1, -0.05) is 13.3 Å². The first-order valence-corrected chi connectivity index (χ1v) is 7.35. The summed E-state index contributed by atoms with van der Waals surface area (Å²) in [5.74, 6) is 0.418. The molecule has 1 heterocycles. The SMILES string of the molecule is CCC1CN(C(=O)c2ccc(Br)c(O)c2)CCC1N. The van der Waals surface area contributed by atoms with Crippen LogP contribution in [0, 0.1) is 5.92 Å². The molecule has 1 aliphatic rings. The van der Waals surface area contributed by atoms with Crippen LogP contribution in [0.2, 0.25) is 0 Å². The van der Waals surface area contributed by atoms with Gasteiger partial charge in [-0.15, -0.1) is 0 Å². The molecule has 2 rings (SSSR count). The van der Waals surface area contributed by atoms with Crippen molar-refractivity contribution in [2.45, 2.75) is 25.8 Å². The number of nitrogens with zero attached hydrogens (tertiary/aromatic N) is 1. The van der Waals surface area contributed by atoms with Crippen molar-refractivity contribution in [2.75, 3.05) is 13.1 Å². The standard InChI is InChI=1S/C14H19BrN2O2/c1-2-9-8-17(6-5-12(9)16)14(19)10-3-4-11(15)13(18)7-10/h3-4,7,9,12,18H,2,5-6,8,16H2,1H3. The number of carbonyl (C=O) groups is 1. The van der Waals surface area contributed by atoms with E-state index in [2.05, 4.69) is 22.9 Å². The van der Waals surface area contributed by atoms with Crippen LogP contribution in [0.5, 0.6) is 5.75 Å². The predicted molar refractivity (Wildman–Crippen MR) is 78.1 cm³/mol. The van der Waals surface area contributed by atoms with E-state index in [0.717, 1.165) is 12.8 Å². The van der Waals surface area contributed by atoms with Crippen LogP contribution in [0.4, 0.5) is 0 Å². The Labute approximate surface area is 121 Å². The van der Waals surface area contributed by atoms with E-state index in [0.29, 0.717) is 29.0 Å². The number of piperidine rings is 1. The van der Waals surface area contributed by atoms with Gasteiger partial charge in [0.1, 0.15) is 5.75 Å². The molecule has 3 N–H and O–H groups in total. The number of phenolic OH excluding ortho intramolecular Hbond substituents is 1. The molecule has 0 aliphatic carbocycles. The second-order valence-corrected chi connectivity index (χ2v) is 5.89. The van der Waals surface area contributed by atoms with Gasteiger partial charge in [0.2, 0.25) is 0 Å². The molecule has 0 radical (unpaired) electrons. The Hall–Kier alpha value is -1.07. The van der Waals surface area contributed by atoms with Gasteiger partial charge < -0.3 is 15.7 Å². The summed E-state index contributed by atoms with van der Waals surface area (Å²) in [5.41, 5.74) is 6.57. The summed E-state index contributed by atoms with van der Waals surface area (Å²) in [6, 6.07) is 5.10. The average Bonchev–Trinajstić information content (AvgIpc) is 2.41. The zero-order chi connectivity index (χ0) is 14.0. The summed E-state index contributed by atoms with van der Waals surface area (Å²) >= 11 is 3.21. The highest BCUT2D eigenvalue weighted by atomic mass is 79.9. The van der Waals surface area contributed by atoms with Crippen molar-refractivity contribution in [1.82, 2.24) is 4.90 Å². The van der Waals surface area contributed by atoms with Gasteiger partial charge in [-0.3, -0.25) is 4.79 Å². The van der Waals surface area contributed by atoms with Crippen LogP contribution in [0.15, 0.2) is 22.7 Å². The van der Waals surface area contributed by atoms with Crippen LogP contribution < -0.4 is 5.73 Å². The number of carbonyl (C=O) groups excluding carboxylic acids is 1. The molecular weight excluding hydrogens is 308 g/mol. The van der Waals surface area contributed by atoms with Crippen molar-refractivity contribution in [3.8, 4) is 5.75 Å². The van der Waals surface area contributed by atoms with E-state index in [4.69, 9.17) is 5.73 Å². The molecule has 1 fully saturated rings. The molecule has 0 saturated carbocycles. The number of aromatic hydroxyl groups is 1. The maximum absolute atomic E-state index is 12.4. The zero-order valence-corrected chi connectivity index (χ0v) is 12.6. The number of nitrogens with two attached hydrogens (primary N) is 1. The summed E-state index contributed by atoms with van der Waals surface area (Å²) in [7, 11) is 0. The predicted octanol–water partition coefficient (Wildman–Crippen LogP) is 2.35. The molecule has 1 amide bonds. The van der Waals surface area contributed by atoms with Crippen molar-refractivity contribution < 1.29 is 9.90 Å². The fraction of sp³-hybridized carbons (Fsp3) is 0.500. The number of rotatable bonds is 2. The number of benzene rings is 1. The minimum absolute atomic E-state index is 0.0341. The third kappa shape index (κ3) is 3.09. The van der Waals surface area contributed by atoms with E-state index in [1.165, 1.54) is 6.07 Å².